The number of anilines is 2. The third kappa shape index (κ3) is 4.31. The second kappa shape index (κ2) is 8.20. The molecular formula is C23H15N3O8S2. The maximum atomic E-state index is 12.5. The van der Waals surface area contributed by atoms with Crippen molar-refractivity contribution < 1.29 is 35.5 Å². The van der Waals surface area contributed by atoms with Gasteiger partial charge in [0.25, 0.3) is 32.1 Å². The van der Waals surface area contributed by atoms with E-state index < -0.39 is 32.1 Å². The highest BCUT2D eigenvalue weighted by Gasteiger charge is 2.28. The first kappa shape index (κ1) is 23.6. The molecule has 0 fully saturated rings. The fourth-order valence-corrected chi connectivity index (χ4v) is 4.88. The first-order valence-electron chi connectivity index (χ1n) is 10.2. The van der Waals surface area contributed by atoms with Crippen LogP contribution >= 0.6 is 0 Å². The molecule has 1 aromatic heterocycles. The standard InChI is InChI=1S/C23H15N3O8S2/c27-22-18(16-10-14(35(29,30)31)4-6-20(16)25-22)8-12-2-1-3-13(24-12)9-19-17-11-15(36(32,33)34)5-7-21(17)26-23(19)28/h1-11H,(H,25,27)(H,26,28)(H,29,30,31)(H,32,33,34)/b18-8+,19-9+. The van der Waals surface area contributed by atoms with E-state index in [4.69, 9.17) is 0 Å². The number of hydrogen-bond acceptors (Lipinski definition) is 7. The minimum Gasteiger partial charge on any atom is -0.321 e. The number of fused-ring (bicyclic) bond motifs is 2. The molecule has 0 unspecified atom stereocenters. The van der Waals surface area contributed by atoms with Gasteiger partial charge in [-0.3, -0.25) is 18.7 Å². The number of nitrogens with zero attached hydrogens (tertiary/aromatic N) is 1. The molecule has 3 aromatic rings. The van der Waals surface area contributed by atoms with E-state index in [9.17, 15) is 35.5 Å². The van der Waals surface area contributed by atoms with E-state index in [1.807, 2.05) is 0 Å². The third-order valence-corrected chi connectivity index (χ3v) is 7.22. The summed E-state index contributed by atoms with van der Waals surface area (Å²) in [6.45, 7) is 0. The average molecular weight is 526 g/mol. The Morgan fingerprint density at radius 3 is 1.47 bits per heavy atom. The Morgan fingerprint density at radius 2 is 1.08 bits per heavy atom. The van der Waals surface area contributed by atoms with Crippen molar-refractivity contribution in [2.75, 3.05) is 10.6 Å². The minimum atomic E-state index is -4.48. The Labute approximate surface area is 204 Å². The summed E-state index contributed by atoms with van der Waals surface area (Å²) in [5, 5.41) is 5.22. The van der Waals surface area contributed by atoms with Gasteiger partial charge in [-0.15, -0.1) is 0 Å². The Hall–Kier alpha value is -4.17. The van der Waals surface area contributed by atoms with E-state index in [1.54, 1.807) is 18.2 Å². The van der Waals surface area contributed by atoms with Crippen molar-refractivity contribution in [2.45, 2.75) is 9.79 Å². The van der Waals surface area contributed by atoms with Gasteiger partial charge in [-0.1, -0.05) is 6.07 Å². The zero-order valence-corrected chi connectivity index (χ0v) is 19.6. The highest BCUT2D eigenvalue weighted by molar-refractivity contribution is 7.86. The lowest BCUT2D eigenvalue weighted by molar-refractivity contribution is -0.111. The van der Waals surface area contributed by atoms with Gasteiger partial charge in [-0.05, 0) is 60.7 Å². The summed E-state index contributed by atoms with van der Waals surface area (Å²) in [6.07, 6.45) is 2.85. The molecule has 2 amide bonds. The van der Waals surface area contributed by atoms with Gasteiger partial charge in [0.1, 0.15) is 0 Å². The first-order chi connectivity index (χ1) is 16.9. The molecule has 4 N–H and O–H groups in total. The molecule has 36 heavy (non-hydrogen) atoms. The molecule has 2 aliphatic rings. The number of pyridine rings is 1. The SMILES string of the molecule is O=C1Nc2ccc(S(=O)(=O)O)cc2/C1=C\c1cccc(/C=C2/C(=O)Nc3ccc(S(=O)(=O)O)cc32)n1. The molecule has 3 heterocycles. The fraction of sp³-hybridized carbons (Fsp3) is 0. The number of carbonyl (C=O) groups excluding carboxylic acids is 2. The van der Waals surface area contributed by atoms with Gasteiger partial charge >= 0.3 is 0 Å². The molecule has 2 aliphatic heterocycles. The highest BCUT2D eigenvalue weighted by atomic mass is 32.2. The van der Waals surface area contributed by atoms with Gasteiger partial charge < -0.3 is 10.6 Å². The van der Waals surface area contributed by atoms with Gasteiger partial charge in [0.05, 0.1) is 32.3 Å². The van der Waals surface area contributed by atoms with E-state index in [0.717, 1.165) is 0 Å². The third-order valence-electron chi connectivity index (χ3n) is 5.52. The zero-order valence-electron chi connectivity index (χ0n) is 18.0. The zero-order chi connectivity index (χ0) is 25.8. The summed E-state index contributed by atoms with van der Waals surface area (Å²) < 4.78 is 64.7. The van der Waals surface area contributed by atoms with Crippen LogP contribution in [0.25, 0.3) is 23.3 Å². The van der Waals surface area contributed by atoms with Crippen molar-refractivity contribution in [3.63, 3.8) is 0 Å². The summed E-state index contributed by atoms with van der Waals surface area (Å²) in [5.41, 5.74) is 2.13. The second-order valence-corrected chi connectivity index (χ2v) is 10.7. The van der Waals surface area contributed by atoms with Crippen LogP contribution in [0.4, 0.5) is 11.4 Å². The summed E-state index contributed by atoms with van der Waals surface area (Å²) >= 11 is 0. The van der Waals surface area contributed by atoms with Crippen LogP contribution in [0.15, 0.2) is 64.4 Å². The molecule has 0 atom stereocenters. The highest BCUT2D eigenvalue weighted by Crippen LogP contribution is 2.36. The molecule has 0 aliphatic carbocycles. The van der Waals surface area contributed by atoms with Crippen LogP contribution in [0.1, 0.15) is 22.5 Å². The molecule has 0 radical (unpaired) electrons. The molecule has 13 heteroatoms. The van der Waals surface area contributed by atoms with Crippen molar-refractivity contribution >= 4 is 66.7 Å². The molecule has 0 spiro atoms. The van der Waals surface area contributed by atoms with Crippen molar-refractivity contribution in [3.05, 3.63) is 77.1 Å². The Bertz CT molecular complexity index is 1650. The van der Waals surface area contributed by atoms with Gasteiger partial charge in [0.15, 0.2) is 0 Å². The fourth-order valence-electron chi connectivity index (χ4n) is 3.87. The number of amides is 2. The maximum absolute atomic E-state index is 12.5. The Morgan fingerprint density at radius 1 is 0.667 bits per heavy atom. The van der Waals surface area contributed by atoms with Gasteiger partial charge in [0.2, 0.25) is 0 Å². The van der Waals surface area contributed by atoms with Crippen LogP contribution in [0.3, 0.4) is 0 Å². The molecule has 11 nitrogen and oxygen atoms in total. The molecular weight excluding hydrogens is 510 g/mol. The van der Waals surface area contributed by atoms with E-state index in [1.165, 1.54) is 48.6 Å². The van der Waals surface area contributed by atoms with E-state index in [-0.39, 0.29) is 32.1 Å². The largest absolute Gasteiger partial charge is 0.321 e. The van der Waals surface area contributed by atoms with Gasteiger partial charge in [0, 0.05) is 22.5 Å². The van der Waals surface area contributed by atoms with Gasteiger partial charge in [-0.2, -0.15) is 16.8 Å². The molecule has 2 aromatic carbocycles. The van der Waals surface area contributed by atoms with Crippen LogP contribution in [-0.4, -0.2) is 42.7 Å². The monoisotopic (exact) mass is 525 g/mol. The summed E-state index contributed by atoms with van der Waals surface area (Å²) in [5.74, 6) is -0.991. The predicted molar refractivity (Wildman–Crippen MR) is 130 cm³/mol. The van der Waals surface area contributed by atoms with E-state index >= 15 is 0 Å². The average Bonchev–Trinajstić information content (AvgIpc) is 3.28. The quantitative estimate of drug-likeness (QED) is 0.294. The summed E-state index contributed by atoms with van der Waals surface area (Å²) in [4.78, 5) is 28.7. The molecule has 0 bridgehead atoms. The minimum absolute atomic E-state index is 0.120. The molecule has 182 valence electrons. The maximum Gasteiger partial charge on any atom is 0.294 e. The Kier molecular flexibility index (Phi) is 5.37. The van der Waals surface area contributed by atoms with E-state index in [0.29, 0.717) is 22.8 Å². The lowest BCUT2D eigenvalue weighted by Crippen LogP contribution is -2.04. The lowest BCUT2D eigenvalue weighted by Gasteiger charge is -2.03. The number of carbonyl (C=O) groups is 2. The van der Waals surface area contributed by atoms with E-state index in [2.05, 4.69) is 15.6 Å². The van der Waals surface area contributed by atoms with Crippen LogP contribution < -0.4 is 10.6 Å². The van der Waals surface area contributed by atoms with Crippen molar-refractivity contribution in [2.24, 2.45) is 0 Å². The number of nitrogens with one attached hydrogen (secondary N) is 2. The second-order valence-electron chi connectivity index (χ2n) is 7.88. The molecule has 0 saturated carbocycles. The summed E-state index contributed by atoms with van der Waals surface area (Å²) in [7, 11) is -8.96. The van der Waals surface area contributed by atoms with Crippen molar-refractivity contribution in [1.82, 2.24) is 4.98 Å². The van der Waals surface area contributed by atoms with Crippen LogP contribution in [0.5, 0.6) is 0 Å². The Balaban J connectivity index is 1.55. The molecule has 0 saturated heterocycles. The number of hydrogen-bond donors (Lipinski definition) is 4. The smallest absolute Gasteiger partial charge is 0.294 e. The predicted octanol–water partition coefficient (Wildman–Crippen LogP) is 2.56. The van der Waals surface area contributed by atoms with Gasteiger partial charge in [-0.25, -0.2) is 4.98 Å². The number of benzene rings is 2. The van der Waals surface area contributed by atoms with Crippen LogP contribution in [-0.2, 0) is 29.8 Å². The van der Waals surface area contributed by atoms with Crippen LogP contribution in [0.2, 0.25) is 0 Å². The normalized spacial score (nSPS) is 17.2. The topological polar surface area (TPSA) is 180 Å². The summed E-state index contributed by atoms with van der Waals surface area (Å²) in [6, 6.07) is 12.2. The molecule has 5 rings (SSSR count). The first-order valence-corrected chi connectivity index (χ1v) is 13.1. The van der Waals surface area contributed by atoms with Crippen molar-refractivity contribution in [1.29, 1.82) is 0 Å². The van der Waals surface area contributed by atoms with Crippen molar-refractivity contribution in [3.8, 4) is 0 Å². The number of aromatic nitrogens is 1. The number of rotatable bonds is 4. The van der Waals surface area contributed by atoms with Crippen LogP contribution in [0, 0.1) is 0 Å². The lowest BCUT2D eigenvalue weighted by atomic mass is 10.0.